The number of rotatable bonds is 8. The van der Waals surface area contributed by atoms with Crippen molar-refractivity contribution in [3.63, 3.8) is 0 Å². The molecular weight excluding hydrogens is 413 g/mol. The Morgan fingerprint density at radius 2 is 2.23 bits per heavy atom. The van der Waals surface area contributed by atoms with Crippen molar-refractivity contribution in [1.29, 1.82) is 0 Å². The number of aromatic nitrogens is 2. The van der Waals surface area contributed by atoms with Gasteiger partial charge in [-0.05, 0) is 31.5 Å². The van der Waals surface area contributed by atoms with Gasteiger partial charge in [0.05, 0.1) is 24.5 Å². The third kappa shape index (κ3) is 5.29. The fraction of sp³-hybridized carbons (Fsp3) is 0.421. The number of ether oxygens (including phenoxy) is 1. The van der Waals surface area contributed by atoms with Crippen LogP contribution in [-0.2, 0) is 20.8 Å². The summed E-state index contributed by atoms with van der Waals surface area (Å²) in [4.78, 5) is 29.2. The molecule has 11 heteroatoms. The van der Waals surface area contributed by atoms with Gasteiger partial charge in [0.15, 0.2) is 5.01 Å². The number of anilines is 1. The van der Waals surface area contributed by atoms with Crippen molar-refractivity contribution in [2.45, 2.75) is 32.8 Å². The molecule has 1 aromatic heterocycles. The molecule has 1 unspecified atom stereocenters. The van der Waals surface area contributed by atoms with E-state index in [-0.39, 0.29) is 19.0 Å². The zero-order chi connectivity index (χ0) is 21.7. The highest BCUT2D eigenvalue weighted by molar-refractivity contribution is 7.14. The van der Waals surface area contributed by atoms with Gasteiger partial charge < -0.3 is 14.9 Å². The lowest BCUT2D eigenvalue weighted by atomic mass is 10.2. The Hall–Kier alpha value is -3.08. The minimum atomic E-state index is -0.580. The fourth-order valence-electron chi connectivity index (χ4n) is 2.89. The van der Waals surface area contributed by atoms with Crippen LogP contribution in [0.15, 0.2) is 23.4 Å². The first kappa shape index (κ1) is 21.6. The number of amides is 2. The highest BCUT2D eigenvalue weighted by Gasteiger charge is 2.32. The Bertz CT molecular complexity index is 964. The first-order valence-corrected chi connectivity index (χ1v) is 10.1. The lowest BCUT2D eigenvalue weighted by Gasteiger charge is -2.14. The summed E-state index contributed by atoms with van der Waals surface area (Å²) in [6.45, 7) is 3.67. The molecule has 160 valence electrons. The number of benzene rings is 1. The second-order valence-corrected chi connectivity index (χ2v) is 7.79. The molecule has 1 aliphatic rings. The van der Waals surface area contributed by atoms with Crippen LogP contribution in [0.3, 0.4) is 0 Å². The first-order chi connectivity index (χ1) is 14.4. The number of cyclic esters (lactones) is 1. The van der Waals surface area contributed by atoms with Gasteiger partial charge in [0.1, 0.15) is 24.0 Å². The molecule has 0 aliphatic carbocycles. The van der Waals surface area contributed by atoms with Crippen molar-refractivity contribution in [3.8, 4) is 10.6 Å². The van der Waals surface area contributed by atoms with Crippen molar-refractivity contribution in [3.05, 3.63) is 29.0 Å². The van der Waals surface area contributed by atoms with Crippen LogP contribution in [0.5, 0.6) is 0 Å². The number of nitrogens with one attached hydrogen (secondary N) is 1. The number of hydrogen-bond acceptors (Lipinski definition) is 8. The predicted octanol–water partition coefficient (Wildman–Crippen LogP) is 2.76. The van der Waals surface area contributed by atoms with Gasteiger partial charge in [-0.15, -0.1) is 10.2 Å². The molecule has 2 heterocycles. The summed E-state index contributed by atoms with van der Waals surface area (Å²) in [5.41, 5.74) is 1.52. The van der Waals surface area contributed by atoms with E-state index in [1.807, 2.05) is 6.92 Å². The topological polar surface area (TPSA) is 106 Å². The average molecular weight is 435 g/mol. The van der Waals surface area contributed by atoms with Gasteiger partial charge in [0.2, 0.25) is 5.91 Å². The van der Waals surface area contributed by atoms with Gasteiger partial charge in [0.25, 0.3) is 0 Å². The summed E-state index contributed by atoms with van der Waals surface area (Å²) in [5, 5.41) is 15.9. The van der Waals surface area contributed by atoms with Crippen LogP contribution in [0.25, 0.3) is 10.6 Å². The Morgan fingerprint density at radius 3 is 2.93 bits per heavy atom. The maximum absolute atomic E-state index is 14.8. The summed E-state index contributed by atoms with van der Waals surface area (Å²) in [7, 11) is 1.49. The van der Waals surface area contributed by atoms with E-state index < -0.39 is 18.0 Å². The van der Waals surface area contributed by atoms with Crippen LogP contribution < -0.4 is 10.2 Å². The monoisotopic (exact) mass is 435 g/mol. The number of nitrogens with zero attached hydrogens (tertiary/aromatic N) is 4. The van der Waals surface area contributed by atoms with Crippen molar-refractivity contribution < 1.29 is 23.6 Å². The highest BCUT2D eigenvalue weighted by atomic mass is 32.1. The Labute approximate surface area is 176 Å². The molecule has 30 heavy (non-hydrogen) atoms. The van der Waals surface area contributed by atoms with Gasteiger partial charge in [-0.1, -0.05) is 16.5 Å². The SMILES string of the molecule is CON=C(C)CCc1nnc(-c2ccc(N3CC(CNC(C)=O)OC3=O)cc2F)s1. The smallest absolute Gasteiger partial charge is 0.414 e. The second-order valence-electron chi connectivity index (χ2n) is 6.73. The van der Waals surface area contributed by atoms with Crippen LogP contribution >= 0.6 is 11.3 Å². The number of halogens is 1. The molecule has 2 amide bonds. The third-order valence-electron chi connectivity index (χ3n) is 4.36. The summed E-state index contributed by atoms with van der Waals surface area (Å²) in [6, 6.07) is 4.48. The van der Waals surface area contributed by atoms with Crippen molar-refractivity contribution in [1.82, 2.24) is 15.5 Å². The van der Waals surface area contributed by atoms with Crippen molar-refractivity contribution in [2.75, 3.05) is 25.1 Å². The van der Waals surface area contributed by atoms with Crippen LogP contribution in [-0.4, -0.2) is 54.2 Å². The maximum Gasteiger partial charge on any atom is 0.414 e. The summed E-state index contributed by atoms with van der Waals surface area (Å²) < 4.78 is 20.0. The Kier molecular flexibility index (Phi) is 6.93. The largest absolute Gasteiger partial charge is 0.442 e. The Balaban J connectivity index is 1.68. The minimum absolute atomic E-state index is 0.209. The van der Waals surface area contributed by atoms with Gasteiger partial charge in [0, 0.05) is 18.9 Å². The van der Waals surface area contributed by atoms with Crippen LogP contribution in [0, 0.1) is 5.82 Å². The van der Waals surface area contributed by atoms with Crippen LogP contribution in [0.1, 0.15) is 25.3 Å². The number of carbonyl (C=O) groups is 2. The normalized spacial score (nSPS) is 16.5. The summed E-state index contributed by atoms with van der Waals surface area (Å²) in [6.07, 6.45) is 0.232. The molecule has 1 aliphatic heterocycles. The van der Waals surface area contributed by atoms with Gasteiger partial charge in [-0.2, -0.15) is 0 Å². The molecule has 1 fully saturated rings. The molecule has 1 atom stereocenters. The molecule has 2 aromatic rings. The zero-order valence-corrected chi connectivity index (χ0v) is 17.7. The molecule has 1 N–H and O–H groups in total. The molecule has 0 bridgehead atoms. The van der Waals surface area contributed by atoms with Gasteiger partial charge in [-0.3, -0.25) is 9.69 Å². The molecule has 1 aromatic carbocycles. The first-order valence-electron chi connectivity index (χ1n) is 9.29. The van der Waals surface area contributed by atoms with Gasteiger partial charge in [-0.25, -0.2) is 9.18 Å². The van der Waals surface area contributed by atoms with E-state index in [2.05, 4.69) is 20.7 Å². The highest BCUT2D eigenvalue weighted by Crippen LogP contribution is 2.31. The minimum Gasteiger partial charge on any atom is -0.442 e. The summed E-state index contributed by atoms with van der Waals surface area (Å²) in [5.74, 6) is -0.720. The summed E-state index contributed by atoms with van der Waals surface area (Å²) >= 11 is 1.31. The molecule has 3 rings (SSSR count). The number of aryl methyl sites for hydroxylation is 1. The van der Waals surface area contributed by atoms with Crippen molar-refractivity contribution >= 4 is 34.7 Å². The quantitative estimate of drug-likeness (QED) is 0.505. The van der Waals surface area contributed by atoms with E-state index in [1.165, 1.54) is 36.3 Å². The maximum atomic E-state index is 14.8. The van der Waals surface area contributed by atoms with Crippen LogP contribution in [0.4, 0.5) is 14.9 Å². The zero-order valence-electron chi connectivity index (χ0n) is 16.8. The van der Waals surface area contributed by atoms with E-state index in [9.17, 15) is 14.0 Å². The van der Waals surface area contributed by atoms with E-state index in [1.54, 1.807) is 12.1 Å². The number of oxime groups is 1. The fourth-order valence-corrected chi connectivity index (χ4v) is 3.76. The number of carbonyl (C=O) groups excluding carboxylic acids is 2. The Morgan fingerprint density at radius 1 is 1.43 bits per heavy atom. The van der Waals surface area contributed by atoms with Crippen LogP contribution in [0.2, 0.25) is 0 Å². The standard InChI is InChI=1S/C19H22FN5O4S/c1-11(24-28-3)4-7-17-22-23-18(30-17)15-6-5-13(8-16(15)20)25-10-14(29-19(25)27)9-21-12(2)26/h5-6,8,14H,4,7,9-10H2,1-3H3,(H,21,26). The second kappa shape index (κ2) is 9.61. The lowest BCUT2D eigenvalue weighted by Crippen LogP contribution is -2.33. The average Bonchev–Trinajstić information content (AvgIpc) is 3.31. The molecule has 0 saturated carbocycles. The van der Waals surface area contributed by atoms with E-state index in [0.717, 1.165) is 10.7 Å². The number of hydrogen-bond donors (Lipinski definition) is 1. The molecule has 0 radical (unpaired) electrons. The third-order valence-corrected chi connectivity index (χ3v) is 5.38. The molecule has 1 saturated heterocycles. The molecule has 9 nitrogen and oxygen atoms in total. The van der Waals surface area contributed by atoms with E-state index in [0.29, 0.717) is 29.1 Å². The predicted molar refractivity (Wildman–Crippen MR) is 110 cm³/mol. The van der Waals surface area contributed by atoms with E-state index >= 15 is 0 Å². The molecular formula is C19H22FN5O4S. The van der Waals surface area contributed by atoms with Crippen molar-refractivity contribution in [2.24, 2.45) is 5.16 Å². The lowest BCUT2D eigenvalue weighted by molar-refractivity contribution is -0.119. The van der Waals surface area contributed by atoms with Gasteiger partial charge >= 0.3 is 6.09 Å². The van der Waals surface area contributed by atoms with E-state index in [4.69, 9.17) is 9.57 Å². The molecule has 0 spiro atoms.